The Balaban J connectivity index is 1.68. The minimum absolute atomic E-state index is 0.743. The molecule has 4 rings (SSSR count). The highest BCUT2D eigenvalue weighted by Crippen LogP contribution is 2.21. The van der Waals surface area contributed by atoms with Gasteiger partial charge in [0.05, 0.1) is 25.3 Å². The number of aromatic nitrogens is 2. The Labute approximate surface area is 164 Å². The SMILES string of the molecule is COc1ccc(/C=C/c2nc3ccccc3n2Cc2ccc(OC)cc2)cc1. The minimum atomic E-state index is 0.743. The summed E-state index contributed by atoms with van der Waals surface area (Å²) in [5, 5.41) is 0. The van der Waals surface area contributed by atoms with Gasteiger partial charge in [0, 0.05) is 6.54 Å². The van der Waals surface area contributed by atoms with E-state index in [0.717, 1.165) is 40.5 Å². The van der Waals surface area contributed by atoms with E-state index in [0.29, 0.717) is 0 Å². The van der Waals surface area contributed by atoms with Gasteiger partial charge in [-0.15, -0.1) is 0 Å². The predicted molar refractivity (Wildman–Crippen MR) is 114 cm³/mol. The van der Waals surface area contributed by atoms with Crippen LogP contribution < -0.4 is 9.47 Å². The van der Waals surface area contributed by atoms with Crippen LogP contribution in [0.2, 0.25) is 0 Å². The van der Waals surface area contributed by atoms with E-state index >= 15 is 0 Å². The average molecular weight is 370 g/mol. The fourth-order valence-electron chi connectivity index (χ4n) is 3.19. The van der Waals surface area contributed by atoms with Gasteiger partial charge in [-0.3, -0.25) is 0 Å². The maximum atomic E-state index is 5.26. The smallest absolute Gasteiger partial charge is 0.134 e. The molecule has 0 aliphatic heterocycles. The first-order chi connectivity index (χ1) is 13.8. The van der Waals surface area contributed by atoms with Crippen molar-refractivity contribution in [3.05, 3.63) is 89.7 Å². The lowest BCUT2D eigenvalue weighted by atomic mass is 10.2. The largest absolute Gasteiger partial charge is 0.497 e. The molecule has 0 unspecified atom stereocenters. The van der Waals surface area contributed by atoms with E-state index in [1.165, 1.54) is 5.56 Å². The summed E-state index contributed by atoms with van der Waals surface area (Å²) in [4.78, 5) is 4.82. The zero-order chi connectivity index (χ0) is 19.3. The van der Waals surface area contributed by atoms with Gasteiger partial charge < -0.3 is 14.0 Å². The molecule has 28 heavy (non-hydrogen) atoms. The monoisotopic (exact) mass is 370 g/mol. The summed E-state index contributed by atoms with van der Waals surface area (Å²) < 4.78 is 12.7. The quantitative estimate of drug-likeness (QED) is 0.464. The molecule has 4 nitrogen and oxygen atoms in total. The molecule has 0 N–H and O–H groups in total. The lowest BCUT2D eigenvalue weighted by Gasteiger charge is -2.08. The zero-order valence-electron chi connectivity index (χ0n) is 16.0. The predicted octanol–water partition coefficient (Wildman–Crippen LogP) is 5.27. The summed E-state index contributed by atoms with van der Waals surface area (Å²) in [6.45, 7) is 0.743. The lowest BCUT2D eigenvalue weighted by molar-refractivity contribution is 0.414. The highest BCUT2D eigenvalue weighted by atomic mass is 16.5. The molecule has 140 valence electrons. The van der Waals surface area contributed by atoms with Gasteiger partial charge in [-0.1, -0.05) is 42.5 Å². The van der Waals surface area contributed by atoms with Gasteiger partial charge >= 0.3 is 0 Å². The third-order valence-electron chi connectivity index (χ3n) is 4.72. The molecule has 0 atom stereocenters. The third-order valence-corrected chi connectivity index (χ3v) is 4.72. The maximum Gasteiger partial charge on any atom is 0.134 e. The molecule has 4 heteroatoms. The Morgan fingerprint density at radius 3 is 2.11 bits per heavy atom. The second kappa shape index (κ2) is 8.01. The van der Waals surface area contributed by atoms with Crippen molar-refractivity contribution in [1.82, 2.24) is 9.55 Å². The number of hydrogen-bond acceptors (Lipinski definition) is 3. The van der Waals surface area contributed by atoms with E-state index in [1.807, 2.05) is 54.6 Å². The molecular weight excluding hydrogens is 348 g/mol. The molecular formula is C24H22N2O2. The average Bonchev–Trinajstić information content (AvgIpc) is 3.10. The number of ether oxygens (including phenoxy) is 2. The van der Waals surface area contributed by atoms with Crippen LogP contribution in [-0.2, 0) is 6.54 Å². The summed E-state index contributed by atoms with van der Waals surface area (Å²) >= 11 is 0. The molecule has 0 radical (unpaired) electrons. The normalized spacial score (nSPS) is 11.2. The summed E-state index contributed by atoms with van der Waals surface area (Å²) in [5.41, 5.74) is 4.41. The van der Waals surface area contributed by atoms with Crippen LogP contribution in [0.1, 0.15) is 17.0 Å². The van der Waals surface area contributed by atoms with Gasteiger partial charge in [-0.2, -0.15) is 0 Å². The van der Waals surface area contributed by atoms with Crippen molar-refractivity contribution in [2.45, 2.75) is 6.54 Å². The summed E-state index contributed by atoms with van der Waals surface area (Å²) in [6.07, 6.45) is 4.14. The van der Waals surface area contributed by atoms with Crippen LogP contribution in [0.15, 0.2) is 72.8 Å². The van der Waals surface area contributed by atoms with Crippen molar-refractivity contribution in [3.63, 3.8) is 0 Å². The summed E-state index contributed by atoms with van der Waals surface area (Å²) in [5.74, 6) is 2.63. The number of benzene rings is 3. The summed E-state index contributed by atoms with van der Waals surface area (Å²) in [6, 6.07) is 24.4. The molecule has 0 amide bonds. The van der Waals surface area contributed by atoms with Crippen LogP contribution >= 0.6 is 0 Å². The molecule has 0 bridgehead atoms. The van der Waals surface area contributed by atoms with Crippen LogP contribution in [0, 0.1) is 0 Å². The molecule has 4 aromatic rings. The van der Waals surface area contributed by atoms with Gasteiger partial charge in [0.15, 0.2) is 0 Å². The van der Waals surface area contributed by atoms with Gasteiger partial charge in [0.1, 0.15) is 17.3 Å². The fourth-order valence-corrected chi connectivity index (χ4v) is 3.19. The number of imidazole rings is 1. The zero-order valence-corrected chi connectivity index (χ0v) is 16.0. The van der Waals surface area contributed by atoms with Crippen LogP contribution in [-0.4, -0.2) is 23.8 Å². The maximum absolute atomic E-state index is 5.26. The van der Waals surface area contributed by atoms with Crippen molar-refractivity contribution in [1.29, 1.82) is 0 Å². The number of para-hydroxylation sites is 2. The van der Waals surface area contributed by atoms with E-state index in [1.54, 1.807) is 14.2 Å². The van der Waals surface area contributed by atoms with E-state index in [4.69, 9.17) is 14.5 Å². The Morgan fingerprint density at radius 1 is 0.786 bits per heavy atom. The van der Waals surface area contributed by atoms with Crippen LogP contribution in [0.5, 0.6) is 11.5 Å². The van der Waals surface area contributed by atoms with Gasteiger partial charge in [-0.25, -0.2) is 4.98 Å². The Hall–Kier alpha value is -3.53. The summed E-state index contributed by atoms with van der Waals surface area (Å²) in [7, 11) is 3.35. The first-order valence-corrected chi connectivity index (χ1v) is 9.17. The Kier molecular flexibility index (Phi) is 5.11. The molecule has 0 fully saturated rings. The topological polar surface area (TPSA) is 36.3 Å². The molecule has 1 aromatic heterocycles. The van der Waals surface area contributed by atoms with E-state index in [-0.39, 0.29) is 0 Å². The molecule has 3 aromatic carbocycles. The molecule has 0 spiro atoms. The highest BCUT2D eigenvalue weighted by molar-refractivity contribution is 5.80. The second-order valence-corrected chi connectivity index (χ2v) is 6.50. The molecule has 1 heterocycles. The molecule has 0 aliphatic carbocycles. The van der Waals surface area contributed by atoms with E-state index in [9.17, 15) is 0 Å². The number of rotatable bonds is 6. The fraction of sp³-hybridized carbons (Fsp3) is 0.125. The van der Waals surface area contributed by atoms with Crippen LogP contribution in [0.4, 0.5) is 0 Å². The third kappa shape index (κ3) is 3.76. The first kappa shape index (κ1) is 17.9. The van der Waals surface area contributed by atoms with Crippen molar-refractivity contribution in [3.8, 4) is 11.5 Å². The molecule has 0 saturated carbocycles. The number of fused-ring (bicyclic) bond motifs is 1. The minimum Gasteiger partial charge on any atom is -0.497 e. The van der Waals surface area contributed by atoms with Crippen molar-refractivity contribution in [2.24, 2.45) is 0 Å². The lowest BCUT2D eigenvalue weighted by Crippen LogP contribution is -2.02. The molecule has 0 saturated heterocycles. The van der Waals surface area contributed by atoms with Gasteiger partial charge in [0.25, 0.3) is 0 Å². The van der Waals surface area contributed by atoms with Crippen molar-refractivity contribution in [2.75, 3.05) is 14.2 Å². The van der Waals surface area contributed by atoms with Crippen LogP contribution in [0.25, 0.3) is 23.2 Å². The Bertz CT molecular complexity index is 1090. The van der Waals surface area contributed by atoms with Crippen molar-refractivity contribution >= 4 is 23.2 Å². The van der Waals surface area contributed by atoms with E-state index < -0.39 is 0 Å². The number of nitrogens with zero attached hydrogens (tertiary/aromatic N) is 2. The molecule has 0 aliphatic rings. The van der Waals surface area contributed by atoms with E-state index in [2.05, 4.69) is 34.9 Å². The van der Waals surface area contributed by atoms with Crippen molar-refractivity contribution < 1.29 is 9.47 Å². The number of methoxy groups -OCH3 is 2. The number of hydrogen-bond donors (Lipinski definition) is 0. The van der Waals surface area contributed by atoms with Gasteiger partial charge in [0.2, 0.25) is 0 Å². The Morgan fingerprint density at radius 2 is 1.43 bits per heavy atom. The van der Waals surface area contributed by atoms with Gasteiger partial charge in [-0.05, 0) is 53.6 Å². The van der Waals surface area contributed by atoms with Crippen LogP contribution in [0.3, 0.4) is 0 Å². The standard InChI is InChI=1S/C24H22N2O2/c1-27-20-12-7-18(8-13-20)11-16-24-25-22-5-3-4-6-23(22)26(24)17-19-9-14-21(28-2)15-10-19/h3-16H,17H2,1-2H3/b16-11+. The second-order valence-electron chi connectivity index (χ2n) is 6.50. The first-order valence-electron chi connectivity index (χ1n) is 9.17. The highest BCUT2D eigenvalue weighted by Gasteiger charge is 2.09.